The summed E-state index contributed by atoms with van der Waals surface area (Å²) < 4.78 is 5.18. The second-order valence-electron chi connectivity index (χ2n) is 4.12. The van der Waals surface area contributed by atoms with Crippen molar-refractivity contribution in [3.05, 3.63) is 24.2 Å². The van der Waals surface area contributed by atoms with Crippen molar-refractivity contribution >= 4 is 0 Å². The summed E-state index contributed by atoms with van der Waals surface area (Å²) in [6.07, 6.45) is 5.87. The van der Waals surface area contributed by atoms with Crippen LogP contribution in [0.2, 0.25) is 0 Å². The minimum absolute atomic E-state index is 0.497. The van der Waals surface area contributed by atoms with E-state index in [0.29, 0.717) is 5.92 Å². The van der Waals surface area contributed by atoms with Crippen molar-refractivity contribution in [2.75, 3.05) is 13.1 Å². The van der Waals surface area contributed by atoms with Crippen LogP contribution in [-0.2, 0) is 0 Å². The molecule has 2 aromatic heterocycles. The van der Waals surface area contributed by atoms with Crippen LogP contribution >= 0.6 is 0 Å². The molecule has 1 aliphatic heterocycles. The normalized spacial score (nSPS) is 21.1. The zero-order valence-electron chi connectivity index (χ0n) is 8.94. The van der Waals surface area contributed by atoms with E-state index in [1.165, 1.54) is 12.8 Å². The van der Waals surface area contributed by atoms with Gasteiger partial charge in [-0.25, -0.2) is 0 Å². The molecular weight excluding hydrogens is 204 g/mol. The van der Waals surface area contributed by atoms with E-state index < -0.39 is 0 Å². The Balaban J connectivity index is 1.92. The quantitative estimate of drug-likeness (QED) is 0.802. The van der Waals surface area contributed by atoms with Gasteiger partial charge in [0.25, 0.3) is 0 Å². The molecule has 0 aromatic carbocycles. The van der Waals surface area contributed by atoms with Gasteiger partial charge in [-0.1, -0.05) is 5.16 Å². The highest BCUT2D eigenvalue weighted by atomic mass is 16.5. The molecule has 0 radical (unpaired) electrons. The Morgan fingerprint density at radius 1 is 1.44 bits per heavy atom. The first-order valence-corrected chi connectivity index (χ1v) is 5.60. The van der Waals surface area contributed by atoms with Gasteiger partial charge in [0.2, 0.25) is 0 Å². The molecule has 16 heavy (non-hydrogen) atoms. The van der Waals surface area contributed by atoms with Gasteiger partial charge in [0.15, 0.2) is 5.76 Å². The number of hydrogen-bond donors (Lipinski definition) is 2. The van der Waals surface area contributed by atoms with Crippen LogP contribution in [0, 0.1) is 0 Å². The number of nitrogens with zero attached hydrogens (tertiary/aromatic N) is 2. The van der Waals surface area contributed by atoms with Crippen molar-refractivity contribution in [2.24, 2.45) is 0 Å². The van der Waals surface area contributed by atoms with Crippen LogP contribution < -0.4 is 5.32 Å². The van der Waals surface area contributed by atoms with Gasteiger partial charge in [-0.3, -0.25) is 5.10 Å². The largest absolute Gasteiger partial charge is 0.356 e. The Hall–Kier alpha value is -1.62. The lowest BCUT2D eigenvalue weighted by atomic mass is 9.93. The molecule has 0 amide bonds. The molecule has 84 valence electrons. The van der Waals surface area contributed by atoms with Gasteiger partial charge in [0.05, 0.1) is 23.7 Å². The topological polar surface area (TPSA) is 66.7 Å². The van der Waals surface area contributed by atoms with Crippen LogP contribution in [0.1, 0.15) is 24.5 Å². The predicted molar refractivity (Wildman–Crippen MR) is 58.9 cm³/mol. The third kappa shape index (κ3) is 1.63. The van der Waals surface area contributed by atoms with Crippen molar-refractivity contribution < 1.29 is 4.52 Å². The average molecular weight is 218 g/mol. The third-order valence-electron chi connectivity index (χ3n) is 3.08. The van der Waals surface area contributed by atoms with Crippen molar-refractivity contribution in [1.82, 2.24) is 20.7 Å². The molecule has 5 heteroatoms. The van der Waals surface area contributed by atoms with Crippen LogP contribution in [0.5, 0.6) is 0 Å². The van der Waals surface area contributed by atoms with Crippen molar-refractivity contribution in [2.45, 2.75) is 18.8 Å². The number of hydrogen-bond acceptors (Lipinski definition) is 4. The zero-order valence-corrected chi connectivity index (χ0v) is 8.94. The molecule has 1 unspecified atom stereocenters. The van der Waals surface area contributed by atoms with Gasteiger partial charge in [0.1, 0.15) is 0 Å². The summed E-state index contributed by atoms with van der Waals surface area (Å²) in [5, 5.41) is 14.3. The predicted octanol–water partition coefficient (Wildman–Crippen LogP) is 1.53. The molecule has 2 N–H and O–H groups in total. The number of piperidine rings is 1. The summed E-state index contributed by atoms with van der Waals surface area (Å²) >= 11 is 0. The molecule has 3 rings (SSSR count). The highest BCUT2D eigenvalue weighted by Gasteiger charge is 2.21. The molecule has 1 fully saturated rings. The van der Waals surface area contributed by atoms with E-state index in [4.69, 9.17) is 4.52 Å². The number of H-pyrrole nitrogens is 1. The monoisotopic (exact) mass is 218 g/mol. The van der Waals surface area contributed by atoms with E-state index in [1.807, 2.05) is 12.3 Å². The van der Waals surface area contributed by atoms with E-state index in [0.717, 1.165) is 30.1 Å². The number of aromatic amines is 1. The minimum atomic E-state index is 0.497. The van der Waals surface area contributed by atoms with Crippen LogP contribution in [0.15, 0.2) is 23.0 Å². The van der Waals surface area contributed by atoms with E-state index in [-0.39, 0.29) is 0 Å². The van der Waals surface area contributed by atoms with Gasteiger partial charge in [-0.05, 0) is 19.4 Å². The molecule has 3 heterocycles. The van der Waals surface area contributed by atoms with Crippen LogP contribution in [-0.4, -0.2) is 28.4 Å². The Morgan fingerprint density at radius 2 is 2.44 bits per heavy atom. The Kier molecular flexibility index (Phi) is 2.46. The lowest BCUT2D eigenvalue weighted by molar-refractivity contribution is 0.428. The fourth-order valence-corrected chi connectivity index (χ4v) is 2.26. The first-order chi connectivity index (χ1) is 7.95. The highest BCUT2D eigenvalue weighted by molar-refractivity contribution is 5.59. The maximum atomic E-state index is 5.18. The van der Waals surface area contributed by atoms with Crippen LogP contribution in [0.25, 0.3) is 11.3 Å². The Labute approximate surface area is 93.2 Å². The number of rotatable bonds is 2. The number of aromatic nitrogens is 3. The summed E-state index contributed by atoms with van der Waals surface area (Å²) in [6.45, 7) is 2.12. The smallest absolute Gasteiger partial charge is 0.170 e. The maximum absolute atomic E-state index is 5.18. The summed E-state index contributed by atoms with van der Waals surface area (Å²) in [4.78, 5) is 0. The molecule has 2 aromatic rings. The van der Waals surface area contributed by atoms with Crippen molar-refractivity contribution in [3.8, 4) is 11.3 Å². The maximum Gasteiger partial charge on any atom is 0.170 e. The lowest BCUT2D eigenvalue weighted by Crippen LogP contribution is -2.28. The molecule has 1 aliphatic rings. The van der Waals surface area contributed by atoms with E-state index in [9.17, 15) is 0 Å². The molecule has 0 bridgehead atoms. The van der Waals surface area contributed by atoms with Gasteiger partial charge >= 0.3 is 0 Å². The first-order valence-electron chi connectivity index (χ1n) is 5.60. The third-order valence-corrected chi connectivity index (χ3v) is 3.08. The lowest BCUT2D eigenvalue weighted by Gasteiger charge is -2.22. The van der Waals surface area contributed by atoms with Gasteiger partial charge in [-0.15, -0.1) is 0 Å². The van der Waals surface area contributed by atoms with Crippen LogP contribution in [0.3, 0.4) is 0 Å². The second-order valence-corrected chi connectivity index (χ2v) is 4.12. The minimum Gasteiger partial charge on any atom is -0.356 e. The average Bonchev–Trinajstić information content (AvgIpc) is 3.01. The van der Waals surface area contributed by atoms with Gasteiger partial charge < -0.3 is 9.84 Å². The SMILES string of the molecule is c1cc(-c2cn[nH]c2C2CCCNC2)on1. The molecule has 1 saturated heterocycles. The zero-order chi connectivity index (χ0) is 10.8. The van der Waals surface area contributed by atoms with E-state index in [2.05, 4.69) is 20.7 Å². The summed E-state index contributed by atoms with van der Waals surface area (Å²) in [5.74, 6) is 1.28. The highest BCUT2D eigenvalue weighted by Crippen LogP contribution is 2.30. The summed E-state index contributed by atoms with van der Waals surface area (Å²) in [6, 6.07) is 1.87. The molecular formula is C11H14N4O. The summed E-state index contributed by atoms with van der Waals surface area (Å²) in [7, 11) is 0. The fraction of sp³-hybridized carbons (Fsp3) is 0.455. The van der Waals surface area contributed by atoms with Gasteiger partial charge in [0, 0.05) is 18.5 Å². The summed E-state index contributed by atoms with van der Waals surface area (Å²) in [5.41, 5.74) is 2.19. The van der Waals surface area contributed by atoms with Gasteiger partial charge in [-0.2, -0.15) is 5.10 Å². The Morgan fingerprint density at radius 3 is 3.19 bits per heavy atom. The molecule has 1 atom stereocenters. The molecule has 0 spiro atoms. The number of nitrogens with one attached hydrogen (secondary N) is 2. The van der Waals surface area contributed by atoms with E-state index in [1.54, 1.807) is 6.20 Å². The van der Waals surface area contributed by atoms with Crippen molar-refractivity contribution in [3.63, 3.8) is 0 Å². The second kappa shape index (κ2) is 4.09. The molecule has 5 nitrogen and oxygen atoms in total. The van der Waals surface area contributed by atoms with E-state index >= 15 is 0 Å². The van der Waals surface area contributed by atoms with Crippen molar-refractivity contribution in [1.29, 1.82) is 0 Å². The molecule has 0 saturated carbocycles. The standard InChI is InChI=1S/C11H14N4O/c1-2-8(6-12-4-1)11-9(7-13-15-11)10-3-5-14-16-10/h3,5,7-8,12H,1-2,4,6H2,(H,13,15). The Bertz CT molecular complexity index is 442. The fourth-order valence-electron chi connectivity index (χ4n) is 2.26. The first kappa shape index (κ1) is 9.59. The molecule has 0 aliphatic carbocycles. The van der Waals surface area contributed by atoms with Crippen LogP contribution in [0.4, 0.5) is 0 Å².